The van der Waals surface area contributed by atoms with Gasteiger partial charge in [-0.25, -0.2) is 8.42 Å². The molecule has 0 fully saturated rings. The highest BCUT2D eigenvalue weighted by Crippen LogP contribution is 2.20. The zero-order chi connectivity index (χ0) is 23.2. The predicted octanol–water partition coefficient (Wildman–Crippen LogP) is -0.700. The number of nitrogens with zero attached hydrogens (tertiary/aromatic N) is 1. The molecular formula is C19H15F3INO6S. The van der Waals surface area contributed by atoms with Crippen LogP contribution in [-0.4, -0.2) is 42.3 Å². The third-order valence-electron chi connectivity index (χ3n) is 3.68. The summed E-state index contributed by atoms with van der Waals surface area (Å²) < 4.78 is 66.6. The number of rotatable bonds is 5. The van der Waals surface area contributed by atoms with E-state index in [0.29, 0.717) is 6.54 Å². The smallest absolute Gasteiger partial charge is 0.485 e. The number of imide groups is 1. The van der Waals surface area contributed by atoms with E-state index in [4.69, 9.17) is 17.7 Å². The lowest BCUT2D eigenvalue weighted by atomic mass is 10.2. The number of ether oxygens (including phenoxy) is 1. The molecule has 0 atom stereocenters. The molecule has 0 aliphatic carbocycles. The monoisotopic (exact) mass is 569 g/mol. The first-order chi connectivity index (χ1) is 14.4. The summed E-state index contributed by atoms with van der Waals surface area (Å²) in [4.78, 5) is 24.5. The molecular weight excluding hydrogens is 554 g/mol. The van der Waals surface area contributed by atoms with E-state index < -0.39 is 15.6 Å². The quantitative estimate of drug-likeness (QED) is 0.204. The van der Waals surface area contributed by atoms with Crippen LogP contribution in [0.15, 0.2) is 60.7 Å². The molecule has 166 valence electrons. The van der Waals surface area contributed by atoms with E-state index in [9.17, 15) is 22.8 Å². The van der Waals surface area contributed by atoms with Crippen molar-refractivity contribution in [1.82, 2.24) is 4.90 Å². The van der Waals surface area contributed by atoms with Crippen molar-refractivity contribution < 1.29 is 61.7 Å². The highest BCUT2D eigenvalue weighted by Gasteiger charge is 2.36. The summed E-state index contributed by atoms with van der Waals surface area (Å²) >= 11 is -0.308. The van der Waals surface area contributed by atoms with Crippen molar-refractivity contribution in [3.05, 3.63) is 73.4 Å². The first kappa shape index (κ1) is 24.8. The second-order valence-electron chi connectivity index (χ2n) is 5.88. The molecule has 31 heavy (non-hydrogen) atoms. The van der Waals surface area contributed by atoms with Crippen LogP contribution in [-0.2, 0) is 26.3 Å². The van der Waals surface area contributed by atoms with Crippen molar-refractivity contribution in [2.45, 2.75) is 12.1 Å². The highest BCUT2D eigenvalue weighted by atomic mass is 127. The number of amides is 2. The fourth-order valence-corrected chi connectivity index (χ4v) is 4.60. The molecule has 0 aromatic heterocycles. The van der Waals surface area contributed by atoms with E-state index in [1.54, 1.807) is 7.11 Å². The first-order valence-electron chi connectivity index (χ1n) is 8.34. The molecule has 0 radical (unpaired) electrons. The molecule has 0 saturated heterocycles. The molecule has 1 aliphatic rings. The Labute approximate surface area is 186 Å². The summed E-state index contributed by atoms with van der Waals surface area (Å²) in [6.45, 7) is 0.324. The van der Waals surface area contributed by atoms with Crippen molar-refractivity contribution >= 4 is 21.9 Å². The number of halogens is 4. The largest absolute Gasteiger partial charge is 0.741 e. The van der Waals surface area contributed by atoms with E-state index in [2.05, 4.69) is 24.3 Å². The zero-order valence-corrected chi connectivity index (χ0v) is 18.8. The number of hydrogen-bond acceptors (Lipinski definition) is 6. The Kier molecular flexibility index (Phi) is 8.20. The molecule has 1 aliphatic heterocycles. The number of benzene rings is 2. The molecule has 12 heteroatoms. The number of methoxy groups -OCH3 is 1. The minimum Gasteiger partial charge on any atom is -0.741 e. The Morgan fingerprint density at radius 2 is 1.55 bits per heavy atom. The van der Waals surface area contributed by atoms with Crippen LogP contribution in [0.1, 0.15) is 5.56 Å². The Morgan fingerprint density at radius 3 is 2.03 bits per heavy atom. The normalized spacial score (nSPS) is 13.8. The Morgan fingerprint density at radius 1 is 1.00 bits per heavy atom. The average Bonchev–Trinajstić information content (AvgIpc) is 3.00. The van der Waals surface area contributed by atoms with Crippen LogP contribution in [0.25, 0.3) is 0 Å². The van der Waals surface area contributed by atoms with Crippen molar-refractivity contribution in [3.63, 3.8) is 0 Å². The van der Waals surface area contributed by atoms with Crippen LogP contribution in [0, 0.1) is 7.14 Å². The maximum Gasteiger partial charge on any atom is 0.485 e. The van der Waals surface area contributed by atoms with Crippen LogP contribution in [0.5, 0.6) is 5.75 Å². The van der Waals surface area contributed by atoms with E-state index in [1.807, 2.05) is 24.3 Å². The summed E-state index contributed by atoms with van der Waals surface area (Å²) in [6.07, 6.45) is 2.63. The van der Waals surface area contributed by atoms with Gasteiger partial charge in [-0.3, -0.25) is 14.5 Å². The van der Waals surface area contributed by atoms with Gasteiger partial charge in [-0.15, -0.1) is 0 Å². The zero-order valence-electron chi connectivity index (χ0n) is 15.8. The summed E-state index contributed by atoms with van der Waals surface area (Å²) in [6, 6.07) is 16.2. The van der Waals surface area contributed by atoms with Gasteiger partial charge in [-0.1, -0.05) is 12.1 Å². The van der Waals surface area contributed by atoms with Gasteiger partial charge >= 0.3 is 26.7 Å². The molecule has 2 aromatic rings. The molecule has 0 spiro atoms. The molecule has 0 unspecified atom stereocenters. The van der Waals surface area contributed by atoms with Gasteiger partial charge in [0.2, 0.25) is 0 Å². The minimum atomic E-state index is -6.09. The number of carbonyl (C=O) groups is 2. The Hall–Kier alpha value is -2.45. The van der Waals surface area contributed by atoms with Crippen molar-refractivity contribution in [1.29, 1.82) is 0 Å². The first-order valence-corrected chi connectivity index (χ1v) is 11.9. The van der Waals surface area contributed by atoms with Gasteiger partial charge < -0.3 is 9.29 Å². The maximum atomic E-state index is 11.6. The summed E-state index contributed by atoms with van der Waals surface area (Å²) in [7, 11) is -4.43. The summed E-state index contributed by atoms with van der Waals surface area (Å²) in [5.74, 6) is 0.362. The van der Waals surface area contributed by atoms with E-state index in [-0.39, 0.29) is 33.0 Å². The van der Waals surface area contributed by atoms with Crippen LogP contribution in [0.3, 0.4) is 0 Å². The molecule has 7 nitrogen and oxygen atoms in total. The number of hydrogen-bond donors (Lipinski definition) is 0. The maximum absolute atomic E-state index is 11.6. The third-order valence-corrected chi connectivity index (χ3v) is 6.88. The van der Waals surface area contributed by atoms with Gasteiger partial charge in [0.25, 0.3) is 11.8 Å². The molecule has 1 heterocycles. The second kappa shape index (κ2) is 10.2. The van der Waals surface area contributed by atoms with Gasteiger partial charge in [0.15, 0.2) is 17.3 Å². The van der Waals surface area contributed by atoms with E-state index in [0.717, 1.165) is 11.3 Å². The second-order valence-corrected chi connectivity index (χ2v) is 10.3. The van der Waals surface area contributed by atoms with Crippen molar-refractivity contribution in [2.24, 2.45) is 0 Å². The standard InChI is InChI=1S/C18H15INO3.CHF3O3S/c1-23-16-7-5-14(6-8-16)19-15-4-2-3-13(11-15)12-20-17(21)9-10-18(20)22;2-1(3,4)8(5,6)7/h2-11H,12H2,1H3;(H,5,6,7)/q+1;/p-1. The van der Waals surface area contributed by atoms with Gasteiger partial charge in [-0.2, -0.15) is 13.2 Å². The van der Waals surface area contributed by atoms with Gasteiger partial charge in [-0.05, 0) is 42.0 Å². The SMILES string of the molecule is COc1ccc([I+]c2cccc(CN3C(=O)C=CC3=O)c2)cc1.O=S(=O)([O-])C(F)(F)F. The lowest BCUT2D eigenvalue weighted by Crippen LogP contribution is -3.61. The van der Waals surface area contributed by atoms with Crippen LogP contribution in [0.2, 0.25) is 0 Å². The van der Waals surface area contributed by atoms with Crippen molar-refractivity contribution in [2.75, 3.05) is 7.11 Å². The minimum absolute atomic E-state index is 0.245. The fourth-order valence-electron chi connectivity index (χ4n) is 2.22. The van der Waals surface area contributed by atoms with E-state index >= 15 is 0 Å². The lowest BCUT2D eigenvalue weighted by molar-refractivity contribution is -0.597. The molecule has 0 bridgehead atoms. The molecule has 0 saturated carbocycles. The Bertz CT molecular complexity index is 1070. The molecule has 3 rings (SSSR count). The molecule has 2 amide bonds. The van der Waals surface area contributed by atoms with Crippen molar-refractivity contribution in [3.8, 4) is 5.75 Å². The van der Waals surface area contributed by atoms with Crippen LogP contribution in [0.4, 0.5) is 13.2 Å². The summed E-state index contributed by atoms with van der Waals surface area (Å²) in [5, 5.41) is 0. The number of alkyl halides is 3. The third kappa shape index (κ3) is 7.33. The highest BCUT2D eigenvalue weighted by molar-refractivity contribution is 7.86. The fraction of sp³-hybridized carbons (Fsp3) is 0.158. The topological polar surface area (TPSA) is 104 Å². The van der Waals surface area contributed by atoms with Gasteiger partial charge in [0.05, 0.1) is 13.7 Å². The summed E-state index contributed by atoms with van der Waals surface area (Å²) in [5.41, 5.74) is -4.67. The molecule has 2 aromatic carbocycles. The van der Waals surface area contributed by atoms with Crippen LogP contribution < -0.4 is 25.9 Å². The average molecular weight is 569 g/mol. The van der Waals surface area contributed by atoms with Gasteiger partial charge in [0, 0.05) is 12.2 Å². The number of carbonyl (C=O) groups excluding carboxylic acids is 2. The molecule has 0 N–H and O–H groups in total. The lowest BCUT2D eigenvalue weighted by Gasteiger charge is -2.13. The predicted molar refractivity (Wildman–Crippen MR) is 97.3 cm³/mol. The van der Waals surface area contributed by atoms with E-state index in [1.165, 1.54) is 24.2 Å². The Balaban J connectivity index is 0.000000366. The van der Waals surface area contributed by atoms with Crippen LogP contribution >= 0.6 is 0 Å². The van der Waals surface area contributed by atoms with Gasteiger partial charge in [0.1, 0.15) is 5.75 Å².